The minimum atomic E-state index is -0.000579. The van der Waals surface area contributed by atoms with Crippen molar-refractivity contribution in [1.29, 1.82) is 0 Å². The molecule has 2 atom stereocenters. The average molecular weight is 242 g/mol. The molecule has 1 fully saturated rings. The molecule has 0 N–H and O–H groups in total. The topological polar surface area (TPSA) is 26.3 Å². The highest BCUT2D eigenvalue weighted by molar-refractivity contribution is 5.87. The van der Waals surface area contributed by atoms with Gasteiger partial charge in [-0.2, -0.15) is 0 Å². The molecule has 0 saturated heterocycles. The summed E-state index contributed by atoms with van der Waals surface area (Å²) in [6, 6.07) is 7.86. The Morgan fingerprint density at radius 3 is 2.44 bits per heavy atom. The number of ketones is 1. The van der Waals surface area contributed by atoms with Crippen molar-refractivity contribution in [3.8, 4) is 11.5 Å². The van der Waals surface area contributed by atoms with Gasteiger partial charge in [0.1, 0.15) is 17.3 Å². The van der Waals surface area contributed by atoms with Gasteiger partial charge in [0, 0.05) is 17.9 Å². The van der Waals surface area contributed by atoms with E-state index in [0.717, 1.165) is 30.3 Å². The number of allylic oxidation sites excluding steroid dienone is 2. The highest BCUT2D eigenvalue weighted by Gasteiger charge is 2.44. The molecule has 1 aromatic rings. The third-order valence-electron chi connectivity index (χ3n) is 4.19. The summed E-state index contributed by atoms with van der Waals surface area (Å²) in [5, 5.41) is 0. The number of fused-ring (bicyclic) bond motifs is 4. The number of carbonyl (C=O) groups excluding carboxylic acids is 1. The van der Waals surface area contributed by atoms with Crippen LogP contribution in [0.3, 0.4) is 0 Å². The molecule has 0 amide bonds. The van der Waals surface area contributed by atoms with Crippen LogP contribution in [0.15, 0.2) is 36.4 Å². The standard InChI is InChI=1S/C10H14O.C6H4O/c1-2-9(11)10-5-3-8(7-10)4-6-10;1-2-5-4-6(3-1)7-5/h3,5,8H,2,4,6-7H2,1H3;1-4H. The van der Waals surface area contributed by atoms with Crippen LogP contribution in [0.5, 0.6) is 11.5 Å². The minimum absolute atomic E-state index is 0.000579. The first-order chi connectivity index (χ1) is 8.72. The summed E-state index contributed by atoms with van der Waals surface area (Å²) in [5.41, 5.74) is -0.000579. The van der Waals surface area contributed by atoms with Crippen molar-refractivity contribution in [2.45, 2.75) is 32.6 Å². The molecule has 4 bridgehead atoms. The van der Waals surface area contributed by atoms with Crippen molar-refractivity contribution < 1.29 is 9.53 Å². The van der Waals surface area contributed by atoms with Crippen LogP contribution < -0.4 is 4.74 Å². The smallest absolute Gasteiger partial charge is 0.142 e. The third-order valence-corrected chi connectivity index (χ3v) is 4.19. The maximum Gasteiger partial charge on any atom is 0.142 e. The van der Waals surface area contributed by atoms with Crippen molar-refractivity contribution in [2.24, 2.45) is 11.3 Å². The van der Waals surface area contributed by atoms with Crippen LogP contribution in [0.2, 0.25) is 0 Å². The number of rotatable bonds is 2. The zero-order valence-corrected chi connectivity index (χ0v) is 10.7. The molecular weight excluding hydrogens is 224 g/mol. The fraction of sp³-hybridized carbons (Fsp3) is 0.438. The van der Waals surface area contributed by atoms with Gasteiger partial charge in [-0.1, -0.05) is 25.1 Å². The summed E-state index contributed by atoms with van der Waals surface area (Å²) < 4.78 is 5.01. The van der Waals surface area contributed by atoms with Crippen LogP contribution in [-0.4, -0.2) is 5.78 Å². The number of ether oxygens (including phenoxy) is 1. The van der Waals surface area contributed by atoms with Gasteiger partial charge in [-0.3, -0.25) is 4.79 Å². The average Bonchev–Trinajstić information content (AvgIpc) is 3.00. The fourth-order valence-corrected chi connectivity index (χ4v) is 3.13. The molecule has 2 aliphatic heterocycles. The van der Waals surface area contributed by atoms with E-state index >= 15 is 0 Å². The van der Waals surface area contributed by atoms with Crippen molar-refractivity contribution in [3.05, 3.63) is 36.4 Å². The molecular formula is C16H18O2. The Balaban J connectivity index is 0.000000122. The Morgan fingerprint density at radius 1 is 1.44 bits per heavy atom. The van der Waals surface area contributed by atoms with Crippen molar-refractivity contribution >= 4 is 5.78 Å². The Hall–Kier alpha value is -1.57. The van der Waals surface area contributed by atoms with Crippen LogP contribution in [-0.2, 0) is 4.79 Å². The molecule has 5 rings (SSSR count). The number of hydrogen-bond acceptors (Lipinski definition) is 2. The Labute approximate surface area is 108 Å². The summed E-state index contributed by atoms with van der Waals surface area (Å²) in [4.78, 5) is 11.5. The third kappa shape index (κ3) is 1.86. The molecule has 0 aromatic heterocycles. The van der Waals surface area contributed by atoms with Gasteiger partial charge in [-0.25, -0.2) is 0 Å². The summed E-state index contributed by atoms with van der Waals surface area (Å²) in [6.07, 6.45) is 8.56. The Bertz CT molecular complexity index is 479. The molecule has 1 saturated carbocycles. The second-order valence-corrected chi connectivity index (χ2v) is 5.37. The number of benzene rings is 1. The number of hydrogen-bond donors (Lipinski definition) is 0. The van der Waals surface area contributed by atoms with E-state index in [1.807, 2.05) is 31.2 Å². The van der Waals surface area contributed by atoms with Crippen molar-refractivity contribution in [1.82, 2.24) is 0 Å². The van der Waals surface area contributed by atoms with E-state index in [-0.39, 0.29) is 5.41 Å². The van der Waals surface area contributed by atoms with Crippen molar-refractivity contribution in [3.63, 3.8) is 0 Å². The number of carbonyl (C=O) groups is 1. The zero-order chi connectivity index (χ0) is 12.6. The van der Waals surface area contributed by atoms with Gasteiger partial charge in [0.15, 0.2) is 0 Å². The summed E-state index contributed by atoms with van der Waals surface area (Å²) in [7, 11) is 0. The van der Waals surface area contributed by atoms with E-state index in [0.29, 0.717) is 12.2 Å². The molecule has 0 radical (unpaired) electrons. The van der Waals surface area contributed by atoms with E-state index in [1.165, 1.54) is 6.42 Å². The van der Waals surface area contributed by atoms with Gasteiger partial charge in [-0.05, 0) is 37.3 Å². The van der Waals surface area contributed by atoms with Crippen LogP contribution in [0.4, 0.5) is 0 Å². The van der Waals surface area contributed by atoms with Gasteiger partial charge < -0.3 is 4.74 Å². The van der Waals surface area contributed by atoms with E-state index in [4.69, 9.17) is 4.74 Å². The summed E-state index contributed by atoms with van der Waals surface area (Å²) in [5.74, 6) is 3.15. The van der Waals surface area contributed by atoms with Gasteiger partial charge >= 0.3 is 0 Å². The molecule has 2 nitrogen and oxygen atoms in total. The normalized spacial score (nSPS) is 29.1. The van der Waals surface area contributed by atoms with Gasteiger partial charge in [0.25, 0.3) is 0 Å². The number of Topliss-reactive ketones (excluding diaryl/α,β-unsaturated/α-hetero) is 1. The largest absolute Gasteiger partial charge is 0.457 e. The molecule has 18 heavy (non-hydrogen) atoms. The molecule has 2 heteroatoms. The highest BCUT2D eigenvalue weighted by atomic mass is 16.5. The Kier molecular flexibility index (Phi) is 2.73. The first kappa shape index (κ1) is 11.5. The second-order valence-electron chi connectivity index (χ2n) is 5.37. The maximum atomic E-state index is 11.5. The first-order valence-electron chi connectivity index (χ1n) is 6.72. The second kappa shape index (κ2) is 4.27. The molecule has 1 aromatic carbocycles. The van der Waals surface area contributed by atoms with E-state index < -0.39 is 0 Å². The lowest BCUT2D eigenvalue weighted by atomic mass is 9.82. The minimum Gasteiger partial charge on any atom is -0.457 e. The molecule has 4 aliphatic rings. The lowest BCUT2D eigenvalue weighted by molar-refractivity contribution is -0.125. The monoisotopic (exact) mass is 242 g/mol. The van der Waals surface area contributed by atoms with Crippen LogP contribution in [0.25, 0.3) is 0 Å². The predicted octanol–water partition coefficient (Wildman–Crippen LogP) is 4.11. The maximum absolute atomic E-state index is 11.5. The van der Waals surface area contributed by atoms with Gasteiger partial charge in [-0.15, -0.1) is 0 Å². The van der Waals surface area contributed by atoms with Gasteiger partial charge in [0.2, 0.25) is 0 Å². The van der Waals surface area contributed by atoms with E-state index in [9.17, 15) is 4.79 Å². The van der Waals surface area contributed by atoms with E-state index in [1.54, 1.807) is 0 Å². The predicted molar refractivity (Wildman–Crippen MR) is 70.7 cm³/mol. The van der Waals surface area contributed by atoms with Crippen LogP contribution >= 0.6 is 0 Å². The zero-order valence-electron chi connectivity index (χ0n) is 10.7. The van der Waals surface area contributed by atoms with Crippen molar-refractivity contribution in [2.75, 3.05) is 0 Å². The summed E-state index contributed by atoms with van der Waals surface area (Å²) in [6.45, 7) is 1.97. The molecule has 0 spiro atoms. The quantitative estimate of drug-likeness (QED) is 0.741. The van der Waals surface area contributed by atoms with Crippen LogP contribution in [0, 0.1) is 11.3 Å². The fourth-order valence-electron chi connectivity index (χ4n) is 3.13. The van der Waals surface area contributed by atoms with E-state index in [2.05, 4.69) is 12.2 Å². The molecule has 2 heterocycles. The molecule has 2 unspecified atom stereocenters. The lowest BCUT2D eigenvalue weighted by Gasteiger charge is -2.20. The summed E-state index contributed by atoms with van der Waals surface area (Å²) >= 11 is 0. The van der Waals surface area contributed by atoms with Gasteiger partial charge in [0.05, 0.1) is 0 Å². The molecule has 2 aliphatic carbocycles. The highest BCUT2D eigenvalue weighted by Crippen LogP contribution is 2.50. The SMILES string of the molecule is CCC(=O)C12C=CC(CC1)C2.c1cc2cc(c1)O2. The Morgan fingerprint density at radius 2 is 2.17 bits per heavy atom. The lowest BCUT2D eigenvalue weighted by Crippen LogP contribution is -2.23. The first-order valence-corrected chi connectivity index (χ1v) is 6.72. The molecule has 94 valence electrons. The van der Waals surface area contributed by atoms with Crippen LogP contribution in [0.1, 0.15) is 32.6 Å².